The number of hydrogen-bond donors (Lipinski definition) is 0. The Hall–Kier alpha value is -1.45. The molecule has 1 aromatic rings. The van der Waals surface area contributed by atoms with E-state index < -0.39 is 9.84 Å². The second-order valence-corrected chi connectivity index (χ2v) is 5.20. The first-order chi connectivity index (χ1) is 6.88. The molecule has 0 aliphatic carbocycles. The molecule has 15 heavy (non-hydrogen) atoms. The molecule has 4 nitrogen and oxygen atoms in total. The second-order valence-electron chi connectivity index (χ2n) is 3.49. The molecular formula is C10H12N2O2S. The summed E-state index contributed by atoms with van der Waals surface area (Å²) in [5.74, 6) is 0. The van der Waals surface area contributed by atoms with Crippen molar-refractivity contribution >= 4 is 15.4 Å². The average molecular weight is 224 g/mol. The van der Waals surface area contributed by atoms with Crippen molar-refractivity contribution in [3.8, 4) is 0 Å². The molecule has 0 N–H and O–H groups in total. The molecule has 0 heterocycles. The lowest BCUT2D eigenvalue weighted by Crippen LogP contribution is -2.07. The Kier molecular flexibility index (Phi) is 3.07. The Morgan fingerprint density at radius 3 is 2.07 bits per heavy atom. The van der Waals surface area contributed by atoms with E-state index in [4.69, 9.17) is 5.53 Å². The first-order valence-electron chi connectivity index (χ1n) is 4.39. The molecule has 80 valence electrons. The zero-order valence-corrected chi connectivity index (χ0v) is 9.67. The largest absolute Gasteiger partial charge is 0.374 e. The summed E-state index contributed by atoms with van der Waals surface area (Å²) < 4.78 is 23.4. The van der Waals surface area contributed by atoms with Gasteiger partial charge in [-0.3, -0.25) is 0 Å². The summed E-state index contributed by atoms with van der Waals surface area (Å²) in [7, 11) is -3.63. The van der Waals surface area contributed by atoms with Crippen LogP contribution < -0.4 is 0 Å². The number of benzene rings is 1. The number of sulfone groups is 1. The van der Waals surface area contributed by atoms with Gasteiger partial charge in [-0.2, -0.15) is 4.79 Å². The van der Waals surface area contributed by atoms with Crippen LogP contribution in [0.5, 0.6) is 0 Å². The molecule has 0 amide bonds. The highest BCUT2D eigenvalue weighted by atomic mass is 32.2. The van der Waals surface area contributed by atoms with Crippen LogP contribution in [0.1, 0.15) is 16.7 Å². The van der Waals surface area contributed by atoms with Crippen LogP contribution in [-0.2, 0) is 9.84 Å². The molecule has 0 fully saturated rings. The van der Waals surface area contributed by atoms with Crippen LogP contribution in [0, 0.1) is 20.8 Å². The molecule has 1 rings (SSSR count). The normalized spacial score (nSPS) is 10.9. The highest BCUT2D eigenvalue weighted by Gasteiger charge is 2.21. The van der Waals surface area contributed by atoms with Crippen molar-refractivity contribution in [3.63, 3.8) is 0 Å². The van der Waals surface area contributed by atoms with Gasteiger partial charge in [-0.05, 0) is 31.9 Å². The van der Waals surface area contributed by atoms with Gasteiger partial charge >= 0.3 is 5.55 Å². The molecule has 0 spiro atoms. The minimum Gasteiger partial charge on any atom is -0.361 e. The van der Waals surface area contributed by atoms with Crippen LogP contribution in [0.15, 0.2) is 17.0 Å². The minimum absolute atomic E-state index is 0.214. The van der Waals surface area contributed by atoms with Crippen molar-refractivity contribution in [2.45, 2.75) is 25.7 Å². The van der Waals surface area contributed by atoms with Gasteiger partial charge in [0.2, 0.25) is 0 Å². The molecule has 0 saturated carbocycles. The van der Waals surface area contributed by atoms with Crippen molar-refractivity contribution in [1.82, 2.24) is 0 Å². The summed E-state index contributed by atoms with van der Waals surface area (Å²) in [6.07, 6.45) is 0. The Morgan fingerprint density at radius 2 is 1.67 bits per heavy atom. The summed E-state index contributed by atoms with van der Waals surface area (Å²) in [4.78, 5) is 2.79. The summed E-state index contributed by atoms with van der Waals surface area (Å²) >= 11 is 0. The van der Waals surface area contributed by atoms with Crippen LogP contribution in [-0.4, -0.2) is 18.8 Å². The van der Waals surface area contributed by atoms with Crippen molar-refractivity contribution in [1.29, 1.82) is 0 Å². The molecule has 0 saturated heterocycles. The van der Waals surface area contributed by atoms with Crippen LogP contribution in [0.25, 0.3) is 5.53 Å². The van der Waals surface area contributed by atoms with E-state index in [2.05, 4.69) is 4.79 Å². The molecule has 0 unspecified atom stereocenters. The predicted molar refractivity (Wildman–Crippen MR) is 57.5 cm³/mol. The zero-order chi connectivity index (χ0) is 11.6. The molecular weight excluding hydrogens is 212 g/mol. The lowest BCUT2D eigenvalue weighted by molar-refractivity contribution is 0.00753. The lowest BCUT2D eigenvalue weighted by atomic mass is 10.1. The third-order valence-electron chi connectivity index (χ3n) is 2.08. The minimum atomic E-state index is -3.63. The SMILES string of the molecule is Cc1cc(C)c(S(=O)(=O)C=[N+]=[N-])c(C)c1. The van der Waals surface area contributed by atoms with Gasteiger partial charge in [0.25, 0.3) is 9.84 Å². The maximum atomic E-state index is 11.7. The van der Waals surface area contributed by atoms with Gasteiger partial charge in [-0.15, -0.1) is 0 Å². The van der Waals surface area contributed by atoms with E-state index in [-0.39, 0.29) is 4.90 Å². The molecule has 0 bridgehead atoms. The average Bonchev–Trinajstić information content (AvgIpc) is 1.99. The van der Waals surface area contributed by atoms with Crippen LogP contribution in [0.2, 0.25) is 0 Å². The molecule has 5 heteroatoms. The third-order valence-corrected chi connectivity index (χ3v) is 3.66. The predicted octanol–water partition coefficient (Wildman–Crippen LogP) is 1.64. The van der Waals surface area contributed by atoms with E-state index in [0.29, 0.717) is 16.7 Å². The third kappa shape index (κ3) is 2.32. The zero-order valence-electron chi connectivity index (χ0n) is 8.85. The van der Waals surface area contributed by atoms with Crippen molar-refractivity contribution in [3.05, 3.63) is 34.4 Å². The highest BCUT2D eigenvalue weighted by molar-refractivity contribution is 8.04. The van der Waals surface area contributed by atoms with Gasteiger partial charge in [0.1, 0.15) is 0 Å². The van der Waals surface area contributed by atoms with E-state index in [0.717, 1.165) is 5.56 Å². The van der Waals surface area contributed by atoms with Gasteiger partial charge in [0.05, 0.1) is 4.90 Å². The topological polar surface area (TPSA) is 70.5 Å². The van der Waals surface area contributed by atoms with E-state index >= 15 is 0 Å². The summed E-state index contributed by atoms with van der Waals surface area (Å²) in [6.45, 7) is 5.34. The highest BCUT2D eigenvalue weighted by Crippen LogP contribution is 2.21. The fourth-order valence-electron chi connectivity index (χ4n) is 1.73. The molecule has 0 aliphatic heterocycles. The van der Waals surface area contributed by atoms with Crippen LogP contribution in [0.4, 0.5) is 0 Å². The van der Waals surface area contributed by atoms with E-state index in [9.17, 15) is 8.42 Å². The van der Waals surface area contributed by atoms with Gasteiger partial charge in [-0.1, -0.05) is 17.7 Å². The van der Waals surface area contributed by atoms with Crippen LogP contribution >= 0.6 is 0 Å². The van der Waals surface area contributed by atoms with E-state index in [1.807, 2.05) is 6.92 Å². The maximum absolute atomic E-state index is 11.7. The molecule has 1 aromatic carbocycles. The van der Waals surface area contributed by atoms with E-state index in [1.165, 1.54) is 0 Å². The monoisotopic (exact) mass is 224 g/mol. The molecule has 0 radical (unpaired) electrons. The smallest absolute Gasteiger partial charge is 0.361 e. The Labute approximate surface area is 89.1 Å². The fraction of sp³-hybridized carbons (Fsp3) is 0.300. The van der Waals surface area contributed by atoms with Gasteiger partial charge in [-0.25, -0.2) is 8.42 Å². The molecule has 0 aromatic heterocycles. The Bertz CT molecular complexity index is 518. The summed E-state index contributed by atoms with van der Waals surface area (Å²) in [5.41, 5.74) is 11.2. The quantitative estimate of drug-likeness (QED) is 0.331. The van der Waals surface area contributed by atoms with E-state index in [1.54, 1.807) is 26.0 Å². The second kappa shape index (κ2) is 3.96. The van der Waals surface area contributed by atoms with Crippen molar-refractivity contribution in [2.24, 2.45) is 0 Å². The molecule has 0 atom stereocenters. The van der Waals surface area contributed by atoms with Gasteiger partial charge in [0, 0.05) is 0 Å². The number of hydrogen-bond acceptors (Lipinski definition) is 2. The summed E-state index contributed by atoms with van der Waals surface area (Å²) in [6, 6.07) is 3.57. The first-order valence-corrected chi connectivity index (χ1v) is 5.93. The molecule has 0 aliphatic rings. The Balaban J connectivity index is 3.59. The van der Waals surface area contributed by atoms with Crippen LogP contribution in [0.3, 0.4) is 0 Å². The van der Waals surface area contributed by atoms with Gasteiger partial charge < -0.3 is 5.53 Å². The van der Waals surface area contributed by atoms with Crippen molar-refractivity contribution < 1.29 is 13.2 Å². The number of rotatable bonds is 2. The summed E-state index contributed by atoms with van der Waals surface area (Å²) in [5, 5.41) is 0. The standard InChI is InChI=1S/C10H12N2O2S/c1-7-4-8(2)10(9(3)5-7)15(13,14)6-12-11/h4-6H,1-3H3. The van der Waals surface area contributed by atoms with Gasteiger partial charge in [0.15, 0.2) is 0 Å². The maximum Gasteiger partial charge on any atom is 0.374 e. The lowest BCUT2D eigenvalue weighted by Gasteiger charge is -2.06. The van der Waals surface area contributed by atoms with Crippen molar-refractivity contribution in [2.75, 3.05) is 0 Å². The fourth-order valence-corrected chi connectivity index (χ4v) is 2.98. The Morgan fingerprint density at radius 1 is 1.20 bits per heavy atom. The number of aryl methyl sites for hydroxylation is 3. The first kappa shape index (κ1) is 11.6. The number of nitrogens with zero attached hydrogens (tertiary/aromatic N) is 2.